The van der Waals surface area contributed by atoms with Crippen LogP contribution < -0.4 is 5.32 Å². The Labute approximate surface area is 81.5 Å². The number of hydrogen-bond acceptors (Lipinski definition) is 3. The molecule has 14 heavy (non-hydrogen) atoms. The minimum absolute atomic E-state index is 0.0324. The Morgan fingerprint density at radius 2 is 2.21 bits per heavy atom. The Morgan fingerprint density at radius 1 is 1.50 bits per heavy atom. The van der Waals surface area contributed by atoms with Crippen molar-refractivity contribution in [1.82, 2.24) is 15.1 Å². The van der Waals surface area contributed by atoms with Crippen LogP contribution in [0.25, 0.3) is 0 Å². The second-order valence-electron chi connectivity index (χ2n) is 3.66. The summed E-state index contributed by atoms with van der Waals surface area (Å²) in [5.41, 5.74) is 0. The molecule has 2 N–H and O–H groups in total. The predicted molar refractivity (Wildman–Crippen MR) is 48.0 cm³/mol. The second kappa shape index (κ2) is 3.45. The van der Waals surface area contributed by atoms with Crippen LogP contribution in [0.2, 0.25) is 0 Å². The van der Waals surface area contributed by atoms with Crippen molar-refractivity contribution in [2.24, 2.45) is 0 Å². The molecule has 2 aliphatic rings. The Bertz CT molecular complexity index is 263. The van der Waals surface area contributed by atoms with E-state index in [9.17, 15) is 9.59 Å². The van der Waals surface area contributed by atoms with Gasteiger partial charge in [0.1, 0.15) is 0 Å². The van der Waals surface area contributed by atoms with Crippen LogP contribution in [0, 0.1) is 0 Å². The number of piperazine rings is 1. The molecule has 2 aliphatic heterocycles. The number of amides is 2. The van der Waals surface area contributed by atoms with Crippen molar-refractivity contribution in [2.75, 3.05) is 32.7 Å². The number of likely N-dealkylation sites (tertiary alicyclic amines) is 1. The number of carbonyl (C=O) groups excluding carboxylic acids is 1. The van der Waals surface area contributed by atoms with Gasteiger partial charge in [0.2, 0.25) is 5.91 Å². The molecule has 6 heteroatoms. The number of hydrogen-bond donors (Lipinski definition) is 2. The highest BCUT2D eigenvalue weighted by Gasteiger charge is 2.36. The van der Waals surface area contributed by atoms with E-state index in [1.54, 1.807) is 0 Å². The van der Waals surface area contributed by atoms with Gasteiger partial charge in [-0.15, -0.1) is 0 Å². The molecular weight excluding hydrogens is 186 g/mol. The van der Waals surface area contributed by atoms with Gasteiger partial charge in [-0.3, -0.25) is 9.69 Å². The van der Waals surface area contributed by atoms with Crippen LogP contribution in [-0.4, -0.2) is 65.7 Å². The first-order valence-electron chi connectivity index (χ1n) is 4.65. The van der Waals surface area contributed by atoms with E-state index in [0.717, 1.165) is 6.54 Å². The van der Waals surface area contributed by atoms with Crippen molar-refractivity contribution in [3.8, 4) is 0 Å². The van der Waals surface area contributed by atoms with Crippen molar-refractivity contribution in [3.05, 3.63) is 0 Å². The summed E-state index contributed by atoms with van der Waals surface area (Å²) in [4.78, 5) is 25.0. The molecule has 0 atom stereocenters. The van der Waals surface area contributed by atoms with Crippen molar-refractivity contribution in [1.29, 1.82) is 0 Å². The van der Waals surface area contributed by atoms with E-state index in [1.165, 1.54) is 4.90 Å². The van der Waals surface area contributed by atoms with Gasteiger partial charge in [0, 0.05) is 32.2 Å². The number of nitrogens with zero attached hydrogens (tertiary/aromatic N) is 2. The molecule has 0 spiro atoms. The quantitative estimate of drug-likeness (QED) is 0.555. The van der Waals surface area contributed by atoms with Crippen LogP contribution in [0.15, 0.2) is 0 Å². The normalized spacial score (nSPS) is 24.3. The van der Waals surface area contributed by atoms with Crippen molar-refractivity contribution in [3.63, 3.8) is 0 Å². The fraction of sp³-hybridized carbons (Fsp3) is 0.750. The SMILES string of the molecule is O=C1CN(C2CN(C(=O)O)C2)CCN1. The molecule has 0 aromatic carbocycles. The van der Waals surface area contributed by atoms with Crippen LogP contribution in [0.1, 0.15) is 0 Å². The molecule has 0 unspecified atom stereocenters. The molecule has 0 aromatic heterocycles. The summed E-state index contributed by atoms with van der Waals surface area (Å²) in [7, 11) is 0. The third kappa shape index (κ3) is 1.65. The maximum atomic E-state index is 11.1. The second-order valence-corrected chi connectivity index (χ2v) is 3.66. The standard InChI is InChI=1S/C8H13N3O3/c12-7-5-10(2-1-9-7)6-3-11(4-6)8(13)14/h6H,1-5H2,(H,9,12)(H,13,14). The summed E-state index contributed by atoms with van der Waals surface area (Å²) in [6.07, 6.45) is -0.872. The third-order valence-electron chi connectivity index (χ3n) is 2.72. The molecule has 2 heterocycles. The molecule has 2 saturated heterocycles. The summed E-state index contributed by atoms with van der Waals surface area (Å²) in [6.45, 7) is 2.95. The molecule has 2 rings (SSSR count). The van der Waals surface area contributed by atoms with Crippen molar-refractivity contribution >= 4 is 12.0 Å². The average Bonchev–Trinajstić information content (AvgIpc) is 2.00. The molecule has 78 valence electrons. The molecule has 0 saturated carbocycles. The highest BCUT2D eigenvalue weighted by molar-refractivity contribution is 5.78. The lowest BCUT2D eigenvalue weighted by atomic mass is 10.1. The minimum Gasteiger partial charge on any atom is -0.465 e. The van der Waals surface area contributed by atoms with Gasteiger partial charge in [-0.1, -0.05) is 0 Å². The van der Waals surface area contributed by atoms with Crippen molar-refractivity contribution in [2.45, 2.75) is 6.04 Å². The molecule has 6 nitrogen and oxygen atoms in total. The third-order valence-corrected chi connectivity index (χ3v) is 2.72. The lowest BCUT2D eigenvalue weighted by Crippen LogP contribution is -2.64. The Morgan fingerprint density at radius 3 is 2.79 bits per heavy atom. The summed E-state index contributed by atoms with van der Waals surface area (Å²) in [6, 6.07) is 0.233. The van der Waals surface area contributed by atoms with Crippen LogP contribution in [-0.2, 0) is 4.79 Å². The summed E-state index contributed by atoms with van der Waals surface area (Å²) >= 11 is 0. The lowest BCUT2D eigenvalue weighted by molar-refractivity contribution is -0.126. The lowest BCUT2D eigenvalue weighted by Gasteiger charge is -2.44. The number of rotatable bonds is 1. The summed E-state index contributed by atoms with van der Waals surface area (Å²) in [5, 5.41) is 11.4. The molecule has 0 radical (unpaired) electrons. The average molecular weight is 199 g/mol. The van der Waals surface area contributed by atoms with Gasteiger partial charge in [0.05, 0.1) is 6.54 Å². The first-order valence-corrected chi connectivity index (χ1v) is 4.65. The highest BCUT2D eigenvalue weighted by Crippen LogP contribution is 2.15. The molecule has 0 bridgehead atoms. The molecule has 0 aliphatic carbocycles. The first-order chi connectivity index (χ1) is 6.66. The van der Waals surface area contributed by atoms with E-state index < -0.39 is 6.09 Å². The van der Waals surface area contributed by atoms with Crippen LogP contribution in [0.5, 0.6) is 0 Å². The fourth-order valence-electron chi connectivity index (χ4n) is 1.81. The van der Waals surface area contributed by atoms with E-state index >= 15 is 0 Å². The van der Waals surface area contributed by atoms with Gasteiger partial charge in [0.25, 0.3) is 0 Å². The van der Waals surface area contributed by atoms with Gasteiger partial charge in [-0.05, 0) is 0 Å². The van der Waals surface area contributed by atoms with E-state index in [4.69, 9.17) is 5.11 Å². The zero-order valence-electron chi connectivity index (χ0n) is 7.77. The molecule has 2 fully saturated rings. The van der Waals surface area contributed by atoms with E-state index in [0.29, 0.717) is 26.2 Å². The van der Waals surface area contributed by atoms with Gasteiger partial charge < -0.3 is 15.3 Å². The van der Waals surface area contributed by atoms with E-state index in [1.807, 2.05) is 4.90 Å². The highest BCUT2D eigenvalue weighted by atomic mass is 16.4. The zero-order valence-corrected chi connectivity index (χ0v) is 7.77. The van der Waals surface area contributed by atoms with Gasteiger partial charge in [-0.2, -0.15) is 0 Å². The van der Waals surface area contributed by atoms with Crippen LogP contribution in [0.3, 0.4) is 0 Å². The number of carboxylic acid groups (broad SMARTS) is 1. The maximum absolute atomic E-state index is 11.1. The maximum Gasteiger partial charge on any atom is 0.407 e. The summed E-state index contributed by atoms with van der Waals surface area (Å²) < 4.78 is 0. The van der Waals surface area contributed by atoms with Gasteiger partial charge in [0.15, 0.2) is 0 Å². The van der Waals surface area contributed by atoms with E-state index in [2.05, 4.69) is 5.32 Å². The monoisotopic (exact) mass is 199 g/mol. The smallest absolute Gasteiger partial charge is 0.407 e. The van der Waals surface area contributed by atoms with Gasteiger partial charge >= 0.3 is 6.09 Å². The fourth-order valence-corrected chi connectivity index (χ4v) is 1.81. The first kappa shape index (κ1) is 9.26. The predicted octanol–water partition coefficient (Wildman–Crippen LogP) is -1.22. The zero-order chi connectivity index (χ0) is 10.1. The van der Waals surface area contributed by atoms with E-state index in [-0.39, 0.29) is 11.9 Å². The number of nitrogens with one attached hydrogen (secondary N) is 1. The Balaban J connectivity index is 1.81. The molecule has 2 amide bonds. The molecule has 0 aromatic rings. The molecular formula is C8H13N3O3. The summed E-state index contributed by atoms with van der Waals surface area (Å²) in [5.74, 6) is 0.0324. The topological polar surface area (TPSA) is 72.9 Å². The largest absolute Gasteiger partial charge is 0.465 e. The van der Waals surface area contributed by atoms with Crippen LogP contribution >= 0.6 is 0 Å². The van der Waals surface area contributed by atoms with Crippen LogP contribution in [0.4, 0.5) is 4.79 Å². The Kier molecular flexibility index (Phi) is 2.28. The number of carbonyl (C=O) groups is 2. The Hall–Kier alpha value is -1.30. The van der Waals surface area contributed by atoms with Gasteiger partial charge in [-0.25, -0.2) is 4.79 Å². The van der Waals surface area contributed by atoms with Crippen molar-refractivity contribution < 1.29 is 14.7 Å². The minimum atomic E-state index is -0.872.